The predicted molar refractivity (Wildman–Crippen MR) is 92.0 cm³/mol. The van der Waals surface area contributed by atoms with Crippen molar-refractivity contribution in [2.75, 3.05) is 13.1 Å². The molecule has 1 saturated heterocycles. The standard InChI is InChI=1S/C18H26N2O5/c1-18(2,3)25-16(22)19-10-14-9-15(21)11-20(14)17(23)24-12-13-7-5-4-6-8-13/h4-8,14-15,21H,9-12H2,1-3H3,(H,19,22)/t14-,15-/m0/s1. The molecule has 1 aromatic rings. The lowest BCUT2D eigenvalue weighted by molar-refractivity contribution is 0.0502. The van der Waals surface area contributed by atoms with Crippen molar-refractivity contribution in [3.8, 4) is 0 Å². The fourth-order valence-electron chi connectivity index (χ4n) is 2.63. The highest BCUT2D eigenvalue weighted by atomic mass is 16.6. The van der Waals surface area contributed by atoms with Crippen LogP contribution in [0.3, 0.4) is 0 Å². The minimum atomic E-state index is -0.630. The van der Waals surface area contributed by atoms with E-state index in [0.29, 0.717) is 6.42 Å². The second-order valence-corrected chi connectivity index (χ2v) is 7.12. The smallest absolute Gasteiger partial charge is 0.410 e. The first-order valence-corrected chi connectivity index (χ1v) is 8.37. The second kappa shape index (κ2) is 8.20. The van der Waals surface area contributed by atoms with Gasteiger partial charge in [-0.25, -0.2) is 9.59 Å². The number of aliphatic hydroxyl groups is 1. The average Bonchev–Trinajstić information content (AvgIpc) is 2.91. The summed E-state index contributed by atoms with van der Waals surface area (Å²) in [4.78, 5) is 25.5. The van der Waals surface area contributed by atoms with Crippen LogP contribution in [-0.4, -0.2) is 53.0 Å². The van der Waals surface area contributed by atoms with Crippen LogP contribution in [0.4, 0.5) is 9.59 Å². The van der Waals surface area contributed by atoms with Gasteiger partial charge in [-0.05, 0) is 32.8 Å². The van der Waals surface area contributed by atoms with Gasteiger partial charge in [0.1, 0.15) is 12.2 Å². The lowest BCUT2D eigenvalue weighted by atomic mass is 10.2. The van der Waals surface area contributed by atoms with Crippen LogP contribution in [0.1, 0.15) is 32.8 Å². The Morgan fingerprint density at radius 3 is 2.60 bits per heavy atom. The number of amides is 2. The van der Waals surface area contributed by atoms with E-state index in [4.69, 9.17) is 9.47 Å². The first-order chi connectivity index (χ1) is 11.7. The van der Waals surface area contributed by atoms with Gasteiger partial charge >= 0.3 is 12.2 Å². The van der Waals surface area contributed by atoms with Crippen molar-refractivity contribution in [2.24, 2.45) is 0 Å². The molecule has 2 amide bonds. The van der Waals surface area contributed by atoms with Gasteiger partial charge in [-0.15, -0.1) is 0 Å². The van der Waals surface area contributed by atoms with Crippen LogP contribution >= 0.6 is 0 Å². The van der Waals surface area contributed by atoms with Gasteiger partial charge in [0.05, 0.1) is 18.7 Å². The summed E-state index contributed by atoms with van der Waals surface area (Å²) in [5, 5.41) is 12.5. The topological polar surface area (TPSA) is 88.1 Å². The van der Waals surface area contributed by atoms with E-state index < -0.39 is 23.9 Å². The van der Waals surface area contributed by atoms with Crippen molar-refractivity contribution < 1.29 is 24.2 Å². The minimum absolute atomic E-state index is 0.165. The summed E-state index contributed by atoms with van der Waals surface area (Å²) in [7, 11) is 0. The van der Waals surface area contributed by atoms with E-state index in [1.54, 1.807) is 20.8 Å². The van der Waals surface area contributed by atoms with Gasteiger partial charge in [0.2, 0.25) is 0 Å². The zero-order valence-electron chi connectivity index (χ0n) is 14.9. The molecule has 0 saturated carbocycles. The molecule has 2 N–H and O–H groups in total. The Labute approximate surface area is 147 Å². The molecular formula is C18H26N2O5. The van der Waals surface area contributed by atoms with Crippen LogP contribution in [0, 0.1) is 0 Å². The summed E-state index contributed by atoms with van der Waals surface area (Å²) in [6, 6.07) is 9.04. The van der Waals surface area contributed by atoms with Crippen molar-refractivity contribution in [2.45, 2.75) is 51.5 Å². The van der Waals surface area contributed by atoms with E-state index in [1.165, 1.54) is 4.90 Å². The molecule has 0 bridgehead atoms. The molecule has 0 aliphatic carbocycles. The van der Waals surface area contributed by atoms with E-state index >= 15 is 0 Å². The molecule has 1 aliphatic rings. The van der Waals surface area contributed by atoms with Gasteiger partial charge in [0.25, 0.3) is 0 Å². The maximum absolute atomic E-state index is 12.3. The summed E-state index contributed by atoms with van der Waals surface area (Å²) in [5.41, 5.74) is 0.298. The van der Waals surface area contributed by atoms with Crippen molar-refractivity contribution in [1.82, 2.24) is 10.2 Å². The third-order valence-electron chi connectivity index (χ3n) is 3.71. The van der Waals surface area contributed by atoms with Crippen LogP contribution in [-0.2, 0) is 16.1 Å². The Bertz CT molecular complexity index is 585. The molecule has 7 heteroatoms. The number of hydrogen-bond donors (Lipinski definition) is 2. The fourth-order valence-corrected chi connectivity index (χ4v) is 2.63. The average molecular weight is 350 g/mol. The number of β-amino-alcohol motifs (C(OH)–C–C–N with tert-alkyl or cyclic N) is 1. The number of nitrogens with zero attached hydrogens (tertiary/aromatic N) is 1. The normalized spacial score (nSPS) is 20.2. The zero-order chi connectivity index (χ0) is 18.4. The number of alkyl carbamates (subject to hydrolysis) is 1. The Morgan fingerprint density at radius 1 is 1.28 bits per heavy atom. The fraction of sp³-hybridized carbons (Fsp3) is 0.556. The number of ether oxygens (including phenoxy) is 2. The maximum atomic E-state index is 12.3. The maximum Gasteiger partial charge on any atom is 0.410 e. The largest absolute Gasteiger partial charge is 0.445 e. The quantitative estimate of drug-likeness (QED) is 0.870. The highest BCUT2D eigenvalue weighted by Crippen LogP contribution is 2.19. The molecule has 138 valence electrons. The Balaban J connectivity index is 1.85. The molecule has 2 rings (SSSR count). The van der Waals surface area contributed by atoms with E-state index in [9.17, 15) is 14.7 Å². The van der Waals surface area contributed by atoms with Crippen molar-refractivity contribution in [3.63, 3.8) is 0 Å². The van der Waals surface area contributed by atoms with Crippen molar-refractivity contribution >= 4 is 12.2 Å². The number of benzene rings is 1. The molecule has 0 aromatic heterocycles. The zero-order valence-corrected chi connectivity index (χ0v) is 14.9. The predicted octanol–water partition coefficient (Wildman–Crippen LogP) is 2.28. The molecule has 0 unspecified atom stereocenters. The Kier molecular flexibility index (Phi) is 6.25. The van der Waals surface area contributed by atoms with Crippen LogP contribution in [0.2, 0.25) is 0 Å². The summed E-state index contributed by atoms with van der Waals surface area (Å²) in [5.74, 6) is 0. The molecule has 0 spiro atoms. The lowest BCUT2D eigenvalue weighted by Gasteiger charge is -2.25. The number of nitrogens with one attached hydrogen (secondary N) is 1. The third-order valence-corrected chi connectivity index (χ3v) is 3.71. The molecule has 1 heterocycles. The second-order valence-electron chi connectivity index (χ2n) is 7.12. The minimum Gasteiger partial charge on any atom is -0.445 e. The molecular weight excluding hydrogens is 324 g/mol. The summed E-state index contributed by atoms with van der Waals surface area (Å²) >= 11 is 0. The summed E-state index contributed by atoms with van der Waals surface area (Å²) in [6.07, 6.45) is -1.30. The number of carbonyl (C=O) groups excluding carboxylic acids is 2. The summed E-state index contributed by atoms with van der Waals surface area (Å²) in [6.45, 7) is 5.89. The Morgan fingerprint density at radius 2 is 1.96 bits per heavy atom. The third kappa shape index (κ3) is 6.26. The van der Waals surface area contributed by atoms with Crippen molar-refractivity contribution in [3.05, 3.63) is 35.9 Å². The van der Waals surface area contributed by atoms with Crippen LogP contribution in [0.5, 0.6) is 0 Å². The highest BCUT2D eigenvalue weighted by Gasteiger charge is 2.35. The van der Waals surface area contributed by atoms with Gasteiger partial charge in [0.15, 0.2) is 0 Å². The van der Waals surface area contributed by atoms with Gasteiger partial charge < -0.3 is 24.8 Å². The number of rotatable bonds is 4. The van der Waals surface area contributed by atoms with Crippen LogP contribution in [0.25, 0.3) is 0 Å². The molecule has 1 aliphatic heterocycles. The van der Waals surface area contributed by atoms with E-state index in [0.717, 1.165) is 5.56 Å². The number of carbonyl (C=O) groups is 2. The number of hydrogen-bond acceptors (Lipinski definition) is 5. The van der Waals surface area contributed by atoms with Crippen LogP contribution < -0.4 is 5.32 Å². The highest BCUT2D eigenvalue weighted by molar-refractivity contribution is 5.70. The van der Waals surface area contributed by atoms with E-state index in [-0.39, 0.29) is 25.7 Å². The van der Waals surface area contributed by atoms with Gasteiger partial charge in [-0.3, -0.25) is 0 Å². The van der Waals surface area contributed by atoms with Gasteiger partial charge in [-0.2, -0.15) is 0 Å². The first kappa shape index (κ1) is 19.1. The lowest BCUT2D eigenvalue weighted by Crippen LogP contribution is -2.44. The Hall–Kier alpha value is -2.28. The molecule has 1 aromatic carbocycles. The summed E-state index contributed by atoms with van der Waals surface area (Å²) < 4.78 is 10.5. The van der Waals surface area contributed by atoms with Gasteiger partial charge in [-0.1, -0.05) is 30.3 Å². The first-order valence-electron chi connectivity index (χ1n) is 8.37. The molecule has 2 atom stereocenters. The molecule has 25 heavy (non-hydrogen) atoms. The van der Waals surface area contributed by atoms with Gasteiger partial charge in [0, 0.05) is 6.54 Å². The monoisotopic (exact) mass is 350 g/mol. The molecule has 0 radical (unpaired) electrons. The van der Waals surface area contributed by atoms with Crippen LogP contribution in [0.15, 0.2) is 30.3 Å². The van der Waals surface area contributed by atoms with E-state index in [2.05, 4.69) is 5.32 Å². The number of likely N-dealkylation sites (tertiary alicyclic amines) is 1. The van der Waals surface area contributed by atoms with Crippen molar-refractivity contribution in [1.29, 1.82) is 0 Å². The van der Waals surface area contributed by atoms with E-state index in [1.807, 2.05) is 30.3 Å². The number of aliphatic hydroxyl groups excluding tert-OH is 1. The molecule has 7 nitrogen and oxygen atoms in total. The SMILES string of the molecule is CC(C)(C)OC(=O)NC[C@@H]1C[C@H](O)CN1C(=O)OCc1ccccc1. The molecule has 1 fully saturated rings.